The van der Waals surface area contributed by atoms with E-state index in [1.807, 2.05) is 0 Å². The number of amides is 1. The van der Waals surface area contributed by atoms with Crippen molar-refractivity contribution in [1.29, 1.82) is 0 Å². The highest BCUT2D eigenvalue weighted by Gasteiger charge is 2.33. The fraction of sp³-hybridized carbons (Fsp3) is 0.529. The molecule has 1 aromatic carbocycles. The predicted octanol–water partition coefficient (Wildman–Crippen LogP) is 3.12. The minimum Gasteiger partial charge on any atom is -0.481 e. The van der Waals surface area contributed by atoms with Gasteiger partial charge >= 0.3 is 12.1 Å². The first-order chi connectivity index (χ1) is 11.8. The number of sulfonamides is 1. The number of aliphatic carboxylic acids is 1. The van der Waals surface area contributed by atoms with E-state index in [4.69, 9.17) is 9.84 Å². The average molecular weight is 389 g/mol. The molecule has 0 aliphatic rings. The number of hydrogen-bond acceptors (Lipinski definition) is 5. The number of ether oxygens (including phenoxy) is 1. The van der Waals surface area contributed by atoms with Crippen molar-refractivity contribution in [3.8, 4) is 0 Å². The number of carboxylic acids is 1. The third-order valence-corrected chi connectivity index (χ3v) is 5.03. The molecule has 0 radical (unpaired) electrons. The van der Waals surface area contributed by atoms with Crippen LogP contribution in [-0.4, -0.2) is 48.2 Å². The highest BCUT2D eigenvalue weighted by molar-refractivity contribution is 7.89. The number of alkyl halides is 1. The van der Waals surface area contributed by atoms with E-state index in [9.17, 15) is 22.4 Å². The molecular weight excluding hydrogens is 365 g/mol. The summed E-state index contributed by atoms with van der Waals surface area (Å²) in [6, 6.07) is 5.82. The lowest BCUT2D eigenvalue weighted by molar-refractivity contribution is -0.138. The van der Waals surface area contributed by atoms with Gasteiger partial charge in [-0.15, -0.1) is 0 Å². The molecule has 0 aliphatic carbocycles. The summed E-state index contributed by atoms with van der Waals surface area (Å²) in [4.78, 5) is 22.8. The lowest BCUT2D eigenvalue weighted by Gasteiger charge is -2.27. The normalized spacial score (nSPS) is 13.1. The average Bonchev–Trinajstić information content (AvgIpc) is 2.44. The summed E-state index contributed by atoms with van der Waals surface area (Å²) in [5.74, 6) is -1.34. The molecule has 0 saturated carbocycles. The van der Waals surface area contributed by atoms with E-state index in [-0.39, 0.29) is 4.90 Å². The maximum absolute atomic E-state index is 13.7. The largest absolute Gasteiger partial charge is 0.481 e. The number of aryl methyl sites for hydroxylation is 1. The van der Waals surface area contributed by atoms with Crippen molar-refractivity contribution in [2.24, 2.45) is 0 Å². The highest BCUT2D eigenvalue weighted by atomic mass is 32.2. The Morgan fingerprint density at radius 3 is 2.23 bits per heavy atom. The van der Waals surface area contributed by atoms with Gasteiger partial charge in [0.1, 0.15) is 11.8 Å². The smallest absolute Gasteiger partial charge is 0.424 e. The summed E-state index contributed by atoms with van der Waals surface area (Å²) in [5.41, 5.74) is -0.119. The molecule has 9 heteroatoms. The van der Waals surface area contributed by atoms with Gasteiger partial charge in [-0.05, 0) is 46.2 Å². The first kappa shape index (κ1) is 21.9. The Hall–Kier alpha value is -2.16. The molecule has 1 aromatic rings. The number of nitrogens with zero attached hydrogens (tertiary/aromatic N) is 1. The van der Waals surface area contributed by atoms with Crippen LogP contribution in [0.5, 0.6) is 0 Å². The first-order valence-electron chi connectivity index (χ1n) is 8.01. The molecule has 0 bridgehead atoms. The number of hydrogen-bond donors (Lipinski definition) is 1. The number of halogens is 1. The summed E-state index contributed by atoms with van der Waals surface area (Å²) >= 11 is 0. The molecule has 0 aromatic heterocycles. The van der Waals surface area contributed by atoms with Crippen LogP contribution in [0.15, 0.2) is 29.2 Å². The van der Waals surface area contributed by atoms with Gasteiger partial charge in [-0.3, -0.25) is 4.79 Å². The zero-order chi connectivity index (χ0) is 20.1. The van der Waals surface area contributed by atoms with Gasteiger partial charge < -0.3 is 9.84 Å². The molecule has 7 nitrogen and oxygen atoms in total. The third kappa shape index (κ3) is 6.62. The van der Waals surface area contributed by atoms with E-state index in [0.29, 0.717) is 4.31 Å². The molecule has 146 valence electrons. The van der Waals surface area contributed by atoms with E-state index >= 15 is 0 Å². The van der Waals surface area contributed by atoms with Crippen LogP contribution in [0.1, 0.15) is 39.2 Å². The zero-order valence-corrected chi connectivity index (χ0v) is 16.0. The summed E-state index contributed by atoms with van der Waals surface area (Å²) in [7, 11) is -4.27. The summed E-state index contributed by atoms with van der Waals surface area (Å²) in [6.07, 6.45) is -4.14. The van der Waals surface area contributed by atoms with Crippen molar-refractivity contribution in [2.45, 2.75) is 57.2 Å². The minimum atomic E-state index is -4.27. The van der Waals surface area contributed by atoms with Crippen LogP contribution in [0.25, 0.3) is 0 Å². The molecular formula is C17H24FNO6S. The predicted molar refractivity (Wildman–Crippen MR) is 93.1 cm³/mol. The third-order valence-electron chi connectivity index (χ3n) is 3.25. The second-order valence-electron chi connectivity index (χ2n) is 6.85. The van der Waals surface area contributed by atoms with Crippen molar-refractivity contribution in [3.63, 3.8) is 0 Å². The fourth-order valence-corrected chi connectivity index (χ4v) is 3.32. The SMILES string of the molecule is Cc1ccc(S(=O)(=O)N(CCC(F)CC(=O)O)C(=O)OC(C)(C)C)cc1. The Morgan fingerprint density at radius 1 is 1.23 bits per heavy atom. The standard InChI is InChI=1S/C17H24FNO6S/c1-12-5-7-14(8-6-12)26(23,24)19(16(22)25-17(2,3)4)10-9-13(18)11-15(20)21/h5-8,13H,9-11H2,1-4H3,(H,20,21). The molecule has 0 saturated heterocycles. The van der Waals surface area contributed by atoms with Gasteiger partial charge in [0.15, 0.2) is 0 Å². The quantitative estimate of drug-likeness (QED) is 0.769. The summed E-state index contributed by atoms with van der Waals surface area (Å²) in [6.45, 7) is 5.97. The minimum absolute atomic E-state index is 0.136. The summed E-state index contributed by atoms with van der Waals surface area (Å²) in [5, 5.41) is 8.61. The molecule has 1 N–H and O–H groups in total. The van der Waals surface area contributed by atoms with Gasteiger partial charge in [0.2, 0.25) is 0 Å². The Labute approximate surface area is 152 Å². The Morgan fingerprint density at radius 2 is 1.77 bits per heavy atom. The van der Waals surface area contributed by atoms with Crippen LogP contribution < -0.4 is 0 Å². The molecule has 1 unspecified atom stereocenters. The molecule has 1 amide bonds. The lowest BCUT2D eigenvalue weighted by Crippen LogP contribution is -2.42. The van der Waals surface area contributed by atoms with Gasteiger partial charge in [-0.25, -0.2) is 21.9 Å². The van der Waals surface area contributed by atoms with E-state index in [2.05, 4.69) is 0 Å². The van der Waals surface area contributed by atoms with Crippen LogP contribution in [0.3, 0.4) is 0 Å². The second kappa shape index (κ2) is 8.48. The molecule has 0 fully saturated rings. The lowest BCUT2D eigenvalue weighted by atomic mass is 10.2. The van der Waals surface area contributed by atoms with E-state index in [1.165, 1.54) is 12.1 Å². The van der Waals surface area contributed by atoms with E-state index in [0.717, 1.165) is 5.56 Å². The second-order valence-corrected chi connectivity index (χ2v) is 8.72. The van der Waals surface area contributed by atoms with Gasteiger partial charge in [0.05, 0.1) is 11.3 Å². The van der Waals surface area contributed by atoms with Crippen molar-refractivity contribution in [2.75, 3.05) is 6.54 Å². The molecule has 0 spiro atoms. The van der Waals surface area contributed by atoms with Crippen molar-refractivity contribution in [1.82, 2.24) is 4.31 Å². The van der Waals surface area contributed by atoms with Gasteiger partial charge in [0, 0.05) is 6.54 Å². The monoisotopic (exact) mass is 389 g/mol. The molecule has 0 heterocycles. The molecule has 1 rings (SSSR count). The maximum atomic E-state index is 13.7. The van der Waals surface area contributed by atoms with Gasteiger partial charge in [-0.1, -0.05) is 17.7 Å². The summed E-state index contributed by atoms with van der Waals surface area (Å²) < 4.78 is 44.8. The Balaban J connectivity index is 3.11. The topological polar surface area (TPSA) is 101 Å². The maximum Gasteiger partial charge on any atom is 0.424 e. The molecule has 0 aliphatic heterocycles. The van der Waals surface area contributed by atoms with E-state index < -0.39 is 53.2 Å². The number of carbonyl (C=O) groups is 2. The van der Waals surface area contributed by atoms with Gasteiger partial charge in [0.25, 0.3) is 10.0 Å². The molecule has 26 heavy (non-hydrogen) atoms. The van der Waals surface area contributed by atoms with Crippen LogP contribution in [0.4, 0.5) is 9.18 Å². The van der Waals surface area contributed by atoms with Crippen molar-refractivity contribution >= 4 is 22.1 Å². The first-order valence-corrected chi connectivity index (χ1v) is 9.45. The van der Waals surface area contributed by atoms with Crippen LogP contribution in [0, 0.1) is 6.92 Å². The van der Waals surface area contributed by atoms with Gasteiger partial charge in [-0.2, -0.15) is 0 Å². The Bertz CT molecular complexity index is 740. The highest BCUT2D eigenvalue weighted by Crippen LogP contribution is 2.21. The van der Waals surface area contributed by atoms with Crippen molar-refractivity contribution in [3.05, 3.63) is 29.8 Å². The number of benzene rings is 1. The number of carbonyl (C=O) groups excluding carboxylic acids is 1. The number of rotatable bonds is 7. The van der Waals surface area contributed by atoms with Crippen molar-refractivity contribution < 1.29 is 32.2 Å². The van der Waals surface area contributed by atoms with E-state index in [1.54, 1.807) is 39.8 Å². The van der Waals surface area contributed by atoms with Crippen LogP contribution >= 0.6 is 0 Å². The van der Waals surface area contributed by atoms with Crippen LogP contribution in [0.2, 0.25) is 0 Å². The molecule has 1 atom stereocenters. The van der Waals surface area contributed by atoms with Crippen LogP contribution in [-0.2, 0) is 19.6 Å². The Kier molecular flexibility index (Phi) is 7.14. The zero-order valence-electron chi connectivity index (χ0n) is 15.2. The number of carboxylic acid groups (broad SMARTS) is 1. The fourth-order valence-electron chi connectivity index (χ4n) is 2.01.